The monoisotopic (exact) mass is 554 g/mol. The maximum Gasteiger partial charge on any atom is 0.0177 e. The molecule has 0 radical (unpaired) electrons. The van der Waals surface area contributed by atoms with Crippen LogP contribution in [0.2, 0.25) is 0 Å². The second-order valence-corrected chi connectivity index (χ2v) is 13.9. The molecule has 0 fully saturated rings. The zero-order chi connectivity index (χ0) is 29.4. The number of unbranched alkanes of at least 4 members (excludes halogenated alkanes) is 18. The van der Waals surface area contributed by atoms with Crippen molar-refractivity contribution in [2.24, 2.45) is 0 Å². The predicted octanol–water partition coefficient (Wildman–Crippen LogP) is 13.2. The summed E-state index contributed by atoms with van der Waals surface area (Å²) in [7, 11) is 0. The third-order valence-electron chi connectivity index (χ3n) is 9.14. The molecule has 0 aliphatic heterocycles. The Morgan fingerprint density at radius 2 is 0.850 bits per heavy atom. The van der Waals surface area contributed by atoms with Gasteiger partial charge < -0.3 is 0 Å². The summed E-state index contributed by atoms with van der Waals surface area (Å²) in [5.41, 5.74) is 1.73. The van der Waals surface area contributed by atoms with E-state index in [1.54, 1.807) is 0 Å². The predicted molar refractivity (Wildman–Crippen MR) is 183 cm³/mol. The van der Waals surface area contributed by atoms with E-state index in [9.17, 15) is 0 Å². The summed E-state index contributed by atoms with van der Waals surface area (Å²) < 4.78 is 0. The molecule has 0 amide bonds. The summed E-state index contributed by atoms with van der Waals surface area (Å²) in [6.07, 6.45) is 35.6. The van der Waals surface area contributed by atoms with Crippen LogP contribution >= 0.6 is 0 Å². The van der Waals surface area contributed by atoms with Crippen LogP contribution in [-0.4, -0.2) is 22.5 Å². The van der Waals surface area contributed by atoms with Crippen LogP contribution in [0.25, 0.3) is 6.08 Å². The minimum absolute atomic E-state index is 0.211. The summed E-state index contributed by atoms with van der Waals surface area (Å²) >= 11 is 0. The van der Waals surface area contributed by atoms with E-state index in [0.29, 0.717) is 0 Å². The lowest BCUT2D eigenvalue weighted by Gasteiger charge is -2.49. The molecule has 1 aromatic carbocycles. The largest absolute Gasteiger partial charge is 0.289 e. The van der Waals surface area contributed by atoms with Gasteiger partial charge in [-0.15, -0.1) is 0 Å². The van der Waals surface area contributed by atoms with Crippen LogP contribution in [0.15, 0.2) is 36.4 Å². The molecule has 0 unspecified atom stereocenters. The van der Waals surface area contributed by atoms with Crippen molar-refractivity contribution in [1.82, 2.24) is 4.90 Å². The van der Waals surface area contributed by atoms with E-state index in [0.717, 1.165) is 6.54 Å². The number of rotatable bonds is 27. The normalized spacial score (nSPS) is 12.7. The zero-order valence-corrected chi connectivity index (χ0v) is 28.3. The molecular formula is C39H71N. The molecule has 0 aromatic heterocycles. The Morgan fingerprint density at radius 3 is 1.23 bits per heavy atom. The standard InChI is InChI=1S/C39H71N/c1-7-9-11-13-15-17-19-21-23-28-34-38(3,4)40(36-30-33-37-31-26-25-27-32-37)39(5,6)35-29-24-22-20-18-16-14-12-10-8-2/h25-27,30-33H,7-24,28-29,34-36H2,1-6H3/b33-30+. The third-order valence-corrected chi connectivity index (χ3v) is 9.14. The van der Waals surface area contributed by atoms with Gasteiger partial charge in [0.05, 0.1) is 0 Å². The highest BCUT2D eigenvalue weighted by atomic mass is 15.2. The quantitative estimate of drug-likeness (QED) is 0.0979. The fourth-order valence-corrected chi connectivity index (χ4v) is 6.53. The fraction of sp³-hybridized carbons (Fsp3) is 0.795. The Labute approximate surface area is 253 Å². The Bertz CT molecular complexity index is 665. The minimum Gasteiger partial charge on any atom is -0.289 e. The Morgan fingerprint density at radius 1 is 0.500 bits per heavy atom. The van der Waals surface area contributed by atoms with Gasteiger partial charge >= 0.3 is 0 Å². The maximum atomic E-state index is 2.83. The summed E-state index contributed by atoms with van der Waals surface area (Å²) in [4.78, 5) is 2.83. The highest BCUT2D eigenvalue weighted by Gasteiger charge is 2.36. The van der Waals surface area contributed by atoms with Gasteiger partial charge in [0.25, 0.3) is 0 Å². The maximum absolute atomic E-state index is 2.83. The van der Waals surface area contributed by atoms with Crippen molar-refractivity contribution >= 4 is 6.08 Å². The molecule has 0 saturated carbocycles. The van der Waals surface area contributed by atoms with Crippen LogP contribution in [0.3, 0.4) is 0 Å². The van der Waals surface area contributed by atoms with E-state index in [2.05, 4.69) is 88.9 Å². The molecule has 0 aliphatic carbocycles. The van der Waals surface area contributed by atoms with E-state index in [-0.39, 0.29) is 11.1 Å². The molecule has 1 heteroatoms. The smallest absolute Gasteiger partial charge is 0.0177 e. The van der Waals surface area contributed by atoms with E-state index >= 15 is 0 Å². The average molecular weight is 554 g/mol. The lowest BCUT2D eigenvalue weighted by atomic mass is 9.85. The molecule has 0 heterocycles. The van der Waals surface area contributed by atoms with Crippen LogP contribution in [0.1, 0.15) is 188 Å². The Hall–Kier alpha value is -1.08. The van der Waals surface area contributed by atoms with Gasteiger partial charge in [0, 0.05) is 17.6 Å². The molecule has 0 bridgehead atoms. The van der Waals surface area contributed by atoms with E-state index < -0.39 is 0 Å². The van der Waals surface area contributed by atoms with Gasteiger partial charge in [-0.1, -0.05) is 185 Å². The third kappa shape index (κ3) is 18.4. The number of nitrogens with zero attached hydrogens (tertiary/aromatic N) is 1. The van der Waals surface area contributed by atoms with Gasteiger partial charge in [-0.2, -0.15) is 0 Å². The van der Waals surface area contributed by atoms with Gasteiger partial charge in [0.15, 0.2) is 0 Å². The van der Waals surface area contributed by atoms with E-state index in [1.165, 1.54) is 147 Å². The SMILES string of the molecule is CCCCCCCCCCCCC(C)(C)N(C/C=C/c1ccccc1)C(C)(C)CCCCCCCCCCCC. The fourth-order valence-electron chi connectivity index (χ4n) is 6.53. The molecule has 232 valence electrons. The molecule has 0 aliphatic rings. The highest BCUT2D eigenvalue weighted by molar-refractivity contribution is 5.48. The summed E-state index contributed by atoms with van der Waals surface area (Å²) in [6, 6.07) is 10.8. The topological polar surface area (TPSA) is 3.24 Å². The molecule has 1 rings (SSSR count). The minimum atomic E-state index is 0.211. The number of hydrogen-bond acceptors (Lipinski definition) is 1. The zero-order valence-electron chi connectivity index (χ0n) is 28.3. The van der Waals surface area contributed by atoms with Crippen molar-refractivity contribution in [3.8, 4) is 0 Å². The first-order chi connectivity index (χ1) is 19.3. The van der Waals surface area contributed by atoms with E-state index in [1.807, 2.05) is 0 Å². The van der Waals surface area contributed by atoms with Crippen LogP contribution in [0.5, 0.6) is 0 Å². The highest BCUT2D eigenvalue weighted by Crippen LogP contribution is 2.33. The summed E-state index contributed by atoms with van der Waals surface area (Å²) in [6.45, 7) is 15.7. The lowest BCUT2D eigenvalue weighted by Crippen LogP contribution is -2.55. The first-order valence-corrected chi connectivity index (χ1v) is 17.8. The Balaban J connectivity index is 2.53. The van der Waals surface area contributed by atoms with Crippen LogP contribution < -0.4 is 0 Å². The van der Waals surface area contributed by atoms with Crippen molar-refractivity contribution in [1.29, 1.82) is 0 Å². The summed E-state index contributed by atoms with van der Waals surface area (Å²) in [5, 5.41) is 0. The molecule has 0 spiro atoms. The summed E-state index contributed by atoms with van der Waals surface area (Å²) in [5.74, 6) is 0. The van der Waals surface area contributed by atoms with Crippen LogP contribution in [-0.2, 0) is 0 Å². The molecule has 0 saturated heterocycles. The van der Waals surface area contributed by atoms with Crippen molar-refractivity contribution < 1.29 is 0 Å². The van der Waals surface area contributed by atoms with Gasteiger partial charge in [-0.3, -0.25) is 4.90 Å². The molecule has 0 atom stereocenters. The second kappa shape index (κ2) is 23.5. The van der Waals surface area contributed by atoms with Gasteiger partial charge in [0.2, 0.25) is 0 Å². The molecular weight excluding hydrogens is 482 g/mol. The number of benzene rings is 1. The first kappa shape index (κ1) is 36.9. The second-order valence-electron chi connectivity index (χ2n) is 13.9. The first-order valence-electron chi connectivity index (χ1n) is 17.8. The van der Waals surface area contributed by atoms with Crippen molar-refractivity contribution in [3.63, 3.8) is 0 Å². The van der Waals surface area contributed by atoms with Gasteiger partial charge in [0.1, 0.15) is 0 Å². The molecule has 40 heavy (non-hydrogen) atoms. The lowest BCUT2D eigenvalue weighted by molar-refractivity contribution is 0.0145. The van der Waals surface area contributed by atoms with Crippen LogP contribution in [0.4, 0.5) is 0 Å². The van der Waals surface area contributed by atoms with Crippen LogP contribution in [0, 0.1) is 0 Å². The van der Waals surface area contributed by atoms with Crippen molar-refractivity contribution in [3.05, 3.63) is 42.0 Å². The molecule has 1 nitrogen and oxygen atoms in total. The number of hydrogen-bond donors (Lipinski definition) is 0. The van der Waals surface area contributed by atoms with Gasteiger partial charge in [-0.25, -0.2) is 0 Å². The van der Waals surface area contributed by atoms with Crippen molar-refractivity contribution in [2.75, 3.05) is 6.54 Å². The Kier molecular flexibility index (Phi) is 21.7. The van der Waals surface area contributed by atoms with E-state index in [4.69, 9.17) is 0 Å². The van der Waals surface area contributed by atoms with Gasteiger partial charge in [-0.05, 0) is 46.1 Å². The molecule has 0 N–H and O–H groups in total. The molecule has 1 aromatic rings. The van der Waals surface area contributed by atoms with Crippen molar-refractivity contribution in [2.45, 2.75) is 194 Å². The average Bonchev–Trinajstić information content (AvgIpc) is 2.93.